The van der Waals surface area contributed by atoms with Crippen molar-refractivity contribution < 1.29 is 9.13 Å². The van der Waals surface area contributed by atoms with Crippen molar-refractivity contribution in [3.63, 3.8) is 0 Å². The molecular formula is C28H30FN7O. The second kappa shape index (κ2) is 9.00. The third-order valence-corrected chi connectivity index (χ3v) is 8.12. The second-order valence-electron chi connectivity index (χ2n) is 10.1. The number of hydrogen-bond acceptors (Lipinski definition) is 7. The minimum atomic E-state index is -0.323. The van der Waals surface area contributed by atoms with Gasteiger partial charge < -0.3 is 20.7 Å². The van der Waals surface area contributed by atoms with Crippen LogP contribution in [0.4, 0.5) is 15.8 Å². The number of nitrogens with zero attached hydrogens (tertiary/aromatic N) is 4. The Balaban J connectivity index is 1.32. The second-order valence-corrected chi connectivity index (χ2v) is 10.1. The Bertz CT molecular complexity index is 1520. The number of fused-ring (bicyclic) bond motifs is 4. The van der Waals surface area contributed by atoms with E-state index >= 15 is 0 Å². The van der Waals surface area contributed by atoms with Gasteiger partial charge in [-0.15, -0.1) is 0 Å². The molecule has 3 aliphatic heterocycles. The number of rotatable bonds is 3. The molecule has 0 atom stereocenters. The number of ether oxygens (including phenoxy) is 1. The molecule has 5 heterocycles. The summed E-state index contributed by atoms with van der Waals surface area (Å²) in [6.07, 6.45) is 5.77. The molecule has 0 aliphatic carbocycles. The molecule has 4 N–H and O–H groups in total. The van der Waals surface area contributed by atoms with Gasteiger partial charge in [-0.25, -0.2) is 4.39 Å². The van der Waals surface area contributed by atoms with E-state index in [1.165, 1.54) is 6.07 Å². The highest BCUT2D eigenvalue weighted by Gasteiger charge is 2.30. The molecule has 0 spiro atoms. The Kier molecular flexibility index (Phi) is 5.48. The highest BCUT2D eigenvalue weighted by Crippen LogP contribution is 2.44. The zero-order chi connectivity index (χ0) is 24.9. The number of morpholine rings is 1. The fourth-order valence-corrected chi connectivity index (χ4v) is 6.26. The van der Waals surface area contributed by atoms with E-state index in [0.717, 1.165) is 102 Å². The molecule has 2 saturated heterocycles. The number of nitrogens with two attached hydrogens (primary N) is 1. The first-order valence-electron chi connectivity index (χ1n) is 13.0. The van der Waals surface area contributed by atoms with Crippen molar-refractivity contribution in [3.8, 4) is 0 Å². The molecular weight excluding hydrogens is 469 g/mol. The molecule has 37 heavy (non-hydrogen) atoms. The number of aromatic amines is 1. The molecule has 190 valence electrons. The minimum Gasteiger partial charge on any atom is -0.400 e. The van der Waals surface area contributed by atoms with Crippen LogP contribution in [0.25, 0.3) is 27.4 Å². The first-order chi connectivity index (χ1) is 18.2. The van der Waals surface area contributed by atoms with Gasteiger partial charge in [-0.1, -0.05) is 6.07 Å². The lowest BCUT2D eigenvalue weighted by Gasteiger charge is -2.41. The van der Waals surface area contributed by atoms with Crippen LogP contribution in [0.1, 0.15) is 24.0 Å². The molecule has 0 amide bonds. The van der Waals surface area contributed by atoms with Crippen molar-refractivity contribution in [2.45, 2.75) is 18.9 Å². The van der Waals surface area contributed by atoms with Crippen molar-refractivity contribution in [2.75, 3.05) is 56.2 Å². The Morgan fingerprint density at radius 2 is 1.86 bits per heavy atom. The molecule has 4 aromatic rings. The summed E-state index contributed by atoms with van der Waals surface area (Å²) in [5.41, 5.74) is 13.7. The molecule has 7 rings (SSSR count). The Hall–Kier alpha value is -3.69. The van der Waals surface area contributed by atoms with Crippen molar-refractivity contribution in [2.24, 2.45) is 5.73 Å². The van der Waals surface area contributed by atoms with Crippen molar-refractivity contribution >= 4 is 38.8 Å². The van der Waals surface area contributed by atoms with Crippen molar-refractivity contribution in [1.29, 1.82) is 0 Å². The predicted molar refractivity (Wildman–Crippen MR) is 144 cm³/mol. The average molecular weight is 500 g/mol. The highest BCUT2D eigenvalue weighted by molar-refractivity contribution is 6.09. The van der Waals surface area contributed by atoms with Gasteiger partial charge in [0, 0.05) is 66.0 Å². The van der Waals surface area contributed by atoms with Crippen LogP contribution in [-0.2, 0) is 4.74 Å². The number of halogens is 1. The Morgan fingerprint density at radius 3 is 2.70 bits per heavy atom. The first kappa shape index (κ1) is 22.5. The van der Waals surface area contributed by atoms with Crippen molar-refractivity contribution in [1.82, 2.24) is 20.1 Å². The quantitative estimate of drug-likeness (QED) is 0.396. The number of H-pyrrole nitrogens is 1. The molecule has 0 radical (unpaired) electrons. The lowest BCUT2D eigenvalue weighted by molar-refractivity contribution is 0.0115. The number of pyridine rings is 1. The minimum absolute atomic E-state index is 0.323. The van der Waals surface area contributed by atoms with E-state index in [1.54, 1.807) is 6.20 Å². The molecule has 0 saturated carbocycles. The summed E-state index contributed by atoms with van der Waals surface area (Å²) in [7, 11) is 0. The van der Waals surface area contributed by atoms with Gasteiger partial charge in [0.1, 0.15) is 11.3 Å². The smallest absolute Gasteiger partial charge is 0.148 e. The maximum atomic E-state index is 14.5. The lowest BCUT2D eigenvalue weighted by Crippen LogP contribution is -2.49. The fourth-order valence-electron chi connectivity index (χ4n) is 6.26. The average Bonchev–Trinajstić information content (AvgIpc) is 3.45. The normalized spacial score (nSPS) is 19.4. The summed E-state index contributed by atoms with van der Waals surface area (Å²) >= 11 is 0. The SMILES string of the molecule is NC1=C(c2ccc(F)c3[nH]ncc23)c2cc(N3CCC(N4CCOCC4)CC3)c3ncccc3c2NC1. The summed E-state index contributed by atoms with van der Waals surface area (Å²) in [5.74, 6) is -0.323. The van der Waals surface area contributed by atoms with E-state index in [-0.39, 0.29) is 5.82 Å². The van der Waals surface area contributed by atoms with E-state index in [4.69, 9.17) is 15.5 Å². The van der Waals surface area contributed by atoms with Crippen LogP contribution >= 0.6 is 0 Å². The van der Waals surface area contributed by atoms with Gasteiger partial charge in [-0.3, -0.25) is 15.0 Å². The molecule has 8 nitrogen and oxygen atoms in total. The molecule has 0 bridgehead atoms. The fraction of sp³-hybridized carbons (Fsp3) is 0.357. The summed E-state index contributed by atoms with van der Waals surface area (Å²) in [6, 6.07) is 10.2. The summed E-state index contributed by atoms with van der Waals surface area (Å²) in [6.45, 7) is 6.15. The number of aromatic nitrogens is 3. The number of hydrogen-bond donors (Lipinski definition) is 3. The number of piperidine rings is 1. The van der Waals surface area contributed by atoms with Crippen LogP contribution < -0.4 is 16.0 Å². The van der Waals surface area contributed by atoms with Gasteiger partial charge in [-0.2, -0.15) is 5.10 Å². The summed E-state index contributed by atoms with van der Waals surface area (Å²) in [4.78, 5) is 9.87. The van der Waals surface area contributed by atoms with Crippen LogP contribution in [0.5, 0.6) is 0 Å². The van der Waals surface area contributed by atoms with E-state index in [1.807, 2.05) is 18.3 Å². The number of anilines is 2. The zero-order valence-corrected chi connectivity index (χ0v) is 20.6. The van der Waals surface area contributed by atoms with Gasteiger partial charge in [0.2, 0.25) is 0 Å². The Morgan fingerprint density at radius 1 is 1.03 bits per heavy atom. The maximum absolute atomic E-state index is 14.5. The molecule has 9 heteroatoms. The van der Waals surface area contributed by atoms with E-state index < -0.39 is 0 Å². The van der Waals surface area contributed by atoms with Gasteiger partial charge in [0.25, 0.3) is 0 Å². The van der Waals surface area contributed by atoms with Crippen LogP contribution in [-0.4, -0.2) is 72.1 Å². The standard InChI is InChI=1S/C28H30FN7O/c29-22-4-3-18(21-15-33-34-27(21)22)25-20-14-24(28-19(2-1-7-31-28)26(20)32-16-23(25)30)36-8-5-17(6-9-36)35-10-12-37-13-11-35/h1-4,7,14-15,17,32H,5-6,8-13,16,30H2,(H,33,34). The number of nitrogens with one attached hydrogen (secondary N) is 2. The zero-order valence-electron chi connectivity index (χ0n) is 20.6. The van der Waals surface area contributed by atoms with Crippen LogP contribution in [0.3, 0.4) is 0 Å². The van der Waals surface area contributed by atoms with E-state index in [0.29, 0.717) is 18.1 Å². The predicted octanol–water partition coefficient (Wildman–Crippen LogP) is 3.69. The number of benzene rings is 2. The molecule has 3 aliphatic rings. The molecule has 0 unspecified atom stereocenters. The van der Waals surface area contributed by atoms with Crippen LogP contribution in [0.15, 0.2) is 48.4 Å². The monoisotopic (exact) mass is 499 g/mol. The van der Waals surface area contributed by atoms with E-state index in [9.17, 15) is 4.39 Å². The third-order valence-electron chi connectivity index (χ3n) is 8.12. The first-order valence-corrected chi connectivity index (χ1v) is 13.0. The van der Waals surface area contributed by atoms with Crippen LogP contribution in [0.2, 0.25) is 0 Å². The van der Waals surface area contributed by atoms with E-state index in [2.05, 4.69) is 37.4 Å². The molecule has 2 aromatic heterocycles. The van der Waals surface area contributed by atoms with Crippen molar-refractivity contribution in [3.05, 3.63) is 65.4 Å². The highest BCUT2D eigenvalue weighted by atomic mass is 19.1. The van der Waals surface area contributed by atoms with Gasteiger partial charge in [-0.05, 0) is 42.7 Å². The molecule has 2 fully saturated rings. The molecule has 2 aromatic carbocycles. The van der Waals surface area contributed by atoms with Gasteiger partial charge in [0.05, 0.1) is 42.8 Å². The summed E-state index contributed by atoms with van der Waals surface area (Å²) < 4.78 is 20.0. The maximum Gasteiger partial charge on any atom is 0.148 e. The topological polar surface area (TPSA) is 95.3 Å². The lowest BCUT2D eigenvalue weighted by atomic mass is 9.88. The largest absolute Gasteiger partial charge is 0.400 e. The van der Waals surface area contributed by atoms with Gasteiger partial charge in [0.15, 0.2) is 0 Å². The van der Waals surface area contributed by atoms with Crippen LogP contribution in [0, 0.1) is 5.82 Å². The third kappa shape index (κ3) is 3.72. The van der Waals surface area contributed by atoms with Gasteiger partial charge >= 0.3 is 0 Å². The Labute approximate surface area is 214 Å². The summed E-state index contributed by atoms with van der Waals surface area (Å²) in [5, 5.41) is 12.2.